The van der Waals surface area contributed by atoms with Gasteiger partial charge in [-0.1, -0.05) is 20.3 Å². The molecule has 2 rings (SSSR count). The van der Waals surface area contributed by atoms with Gasteiger partial charge in [0.2, 0.25) is 0 Å². The summed E-state index contributed by atoms with van der Waals surface area (Å²) in [5.74, 6) is 1.09. The Kier molecular flexibility index (Phi) is 3.13. The number of hydrogen-bond acceptors (Lipinski definition) is 3. The maximum atomic E-state index is 11.9. The minimum Gasteiger partial charge on any atom is -0.507 e. The Morgan fingerprint density at radius 2 is 2.06 bits per heavy atom. The maximum absolute atomic E-state index is 11.9. The monoisotopic (exact) mass is 237 g/mol. The van der Waals surface area contributed by atoms with Crippen LogP contribution in [0.15, 0.2) is 17.1 Å². The maximum Gasteiger partial charge on any atom is 0.290 e. The van der Waals surface area contributed by atoms with Gasteiger partial charge in [-0.2, -0.15) is 4.73 Å². The Morgan fingerprint density at radius 1 is 1.35 bits per heavy atom. The summed E-state index contributed by atoms with van der Waals surface area (Å²) >= 11 is 0. The molecule has 1 aromatic rings. The third kappa shape index (κ3) is 2.16. The lowest BCUT2D eigenvalue weighted by atomic mass is 9.73. The van der Waals surface area contributed by atoms with Crippen molar-refractivity contribution in [3.05, 3.63) is 28.2 Å². The second-order valence-electron chi connectivity index (χ2n) is 5.27. The molecule has 0 spiro atoms. The Bertz CT molecular complexity index is 466. The lowest BCUT2D eigenvalue weighted by Gasteiger charge is -2.32. The van der Waals surface area contributed by atoms with Crippen LogP contribution in [0.5, 0.6) is 5.75 Å². The van der Waals surface area contributed by atoms with Crippen molar-refractivity contribution in [1.82, 2.24) is 4.73 Å². The smallest absolute Gasteiger partial charge is 0.290 e. The number of aromatic hydroxyl groups is 1. The molecule has 94 valence electrons. The molecule has 1 heterocycles. The van der Waals surface area contributed by atoms with Gasteiger partial charge in [0.05, 0.1) is 11.8 Å². The van der Waals surface area contributed by atoms with Crippen molar-refractivity contribution >= 4 is 0 Å². The van der Waals surface area contributed by atoms with E-state index in [1.807, 2.05) is 0 Å². The zero-order valence-corrected chi connectivity index (χ0v) is 10.3. The van der Waals surface area contributed by atoms with Crippen LogP contribution in [0.25, 0.3) is 0 Å². The third-order valence-corrected chi connectivity index (χ3v) is 3.89. The molecule has 17 heavy (non-hydrogen) atoms. The van der Waals surface area contributed by atoms with E-state index in [0.717, 1.165) is 19.3 Å². The van der Waals surface area contributed by atoms with Gasteiger partial charge in [-0.3, -0.25) is 4.79 Å². The van der Waals surface area contributed by atoms with Gasteiger partial charge >= 0.3 is 0 Å². The topological polar surface area (TPSA) is 62.5 Å². The first kappa shape index (κ1) is 12.0. The number of pyridine rings is 1. The van der Waals surface area contributed by atoms with Crippen molar-refractivity contribution in [3.63, 3.8) is 0 Å². The molecule has 1 aromatic heterocycles. The summed E-state index contributed by atoms with van der Waals surface area (Å²) < 4.78 is 0.555. The SMILES string of the molecule is C[C@@H]1CCC(c2c(O)ccn(O)c2=O)[C@H](C)C1. The van der Waals surface area contributed by atoms with Gasteiger partial charge in [-0.15, -0.1) is 0 Å². The van der Waals surface area contributed by atoms with Gasteiger partial charge in [0, 0.05) is 6.07 Å². The fourth-order valence-corrected chi connectivity index (χ4v) is 2.97. The van der Waals surface area contributed by atoms with Crippen molar-refractivity contribution < 1.29 is 10.3 Å². The van der Waals surface area contributed by atoms with E-state index in [9.17, 15) is 15.1 Å². The normalized spacial score (nSPS) is 29.2. The molecule has 4 nitrogen and oxygen atoms in total. The van der Waals surface area contributed by atoms with E-state index >= 15 is 0 Å². The van der Waals surface area contributed by atoms with E-state index < -0.39 is 5.56 Å². The van der Waals surface area contributed by atoms with Crippen molar-refractivity contribution in [2.75, 3.05) is 0 Å². The highest BCUT2D eigenvalue weighted by Gasteiger charge is 2.30. The highest BCUT2D eigenvalue weighted by Crippen LogP contribution is 2.41. The van der Waals surface area contributed by atoms with Crippen molar-refractivity contribution in [1.29, 1.82) is 0 Å². The van der Waals surface area contributed by atoms with Crippen LogP contribution in [0.2, 0.25) is 0 Å². The van der Waals surface area contributed by atoms with Crippen LogP contribution in [0.3, 0.4) is 0 Å². The van der Waals surface area contributed by atoms with E-state index in [4.69, 9.17) is 0 Å². The van der Waals surface area contributed by atoms with Crippen LogP contribution >= 0.6 is 0 Å². The number of rotatable bonds is 1. The molecule has 1 fully saturated rings. The molecule has 3 atom stereocenters. The van der Waals surface area contributed by atoms with Crippen LogP contribution < -0.4 is 5.56 Å². The fourth-order valence-electron chi connectivity index (χ4n) is 2.97. The largest absolute Gasteiger partial charge is 0.507 e. The van der Waals surface area contributed by atoms with E-state index in [1.54, 1.807) is 0 Å². The highest BCUT2D eigenvalue weighted by molar-refractivity contribution is 5.33. The molecule has 1 unspecified atom stereocenters. The second-order valence-corrected chi connectivity index (χ2v) is 5.27. The molecule has 1 saturated carbocycles. The first-order chi connectivity index (χ1) is 8.00. The predicted octanol–water partition coefficient (Wildman–Crippen LogP) is 2.33. The quantitative estimate of drug-likeness (QED) is 0.737. The highest BCUT2D eigenvalue weighted by atomic mass is 16.5. The fraction of sp³-hybridized carbons (Fsp3) is 0.615. The molecular formula is C13H19NO3. The second kappa shape index (κ2) is 4.43. The number of nitrogens with zero attached hydrogens (tertiary/aromatic N) is 1. The Balaban J connectivity index is 2.40. The van der Waals surface area contributed by atoms with Gasteiger partial charge in [0.1, 0.15) is 5.75 Å². The van der Waals surface area contributed by atoms with E-state index in [0.29, 0.717) is 22.1 Å². The van der Waals surface area contributed by atoms with Gasteiger partial charge in [0.15, 0.2) is 0 Å². The van der Waals surface area contributed by atoms with Crippen LogP contribution in [-0.2, 0) is 0 Å². The average Bonchev–Trinajstić information content (AvgIpc) is 2.27. The Morgan fingerprint density at radius 3 is 2.71 bits per heavy atom. The summed E-state index contributed by atoms with van der Waals surface area (Å²) in [7, 11) is 0. The average molecular weight is 237 g/mol. The van der Waals surface area contributed by atoms with E-state index in [1.165, 1.54) is 12.3 Å². The van der Waals surface area contributed by atoms with Gasteiger partial charge < -0.3 is 10.3 Å². The standard InChI is InChI=1S/C13H19NO3/c1-8-3-4-10(9(2)7-8)12-11(15)5-6-14(17)13(12)16/h5-6,8-10,15,17H,3-4,7H2,1-2H3/t8-,9-,10?/m1/s1. The zero-order valence-electron chi connectivity index (χ0n) is 10.3. The third-order valence-electron chi connectivity index (χ3n) is 3.89. The molecule has 0 amide bonds. The van der Waals surface area contributed by atoms with Crippen LogP contribution in [0, 0.1) is 11.8 Å². The molecule has 0 radical (unpaired) electrons. The molecule has 0 bridgehead atoms. The van der Waals surface area contributed by atoms with Crippen LogP contribution in [-0.4, -0.2) is 15.0 Å². The summed E-state index contributed by atoms with van der Waals surface area (Å²) in [6.45, 7) is 4.32. The van der Waals surface area contributed by atoms with Gasteiger partial charge in [0.25, 0.3) is 5.56 Å². The first-order valence-electron chi connectivity index (χ1n) is 6.14. The van der Waals surface area contributed by atoms with Crippen molar-refractivity contribution in [2.24, 2.45) is 11.8 Å². The molecule has 2 N–H and O–H groups in total. The number of hydrogen-bond donors (Lipinski definition) is 2. The predicted molar refractivity (Wildman–Crippen MR) is 64.5 cm³/mol. The lowest BCUT2D eigenvalue weighted by Crippen LogP contribution is -2.29. The Labute approximate surface area is 100 Å². The van der Waals surface area contributed by atoms with Crippen LogP contribution in [0.4, 0.5) is 0 Å². The molecule has 1 aliphatic carbocycles. The minimum atomic E-state index is -0.489. The van der Waals surface area contributed by atoms with Crippen molar-refractivity contribution in [2.45, 2.75) is 39.0 Å². The lowest BCUT2D eigenvalue weighted by molar-refractivity contribution is 0.168. The first-order valence-corrected chi connectivity index (χ1v) is 6.14. The summed E-state index contributed by atoms with van der Waals surface area (Å²) in [5.41, 5.74) is -0.120. The Hall–Kier alpha value is -1.45. The zero-order chi connectivity index (χ0) is 12.6. The summed E-state index contributed by atoms with van der Waals surface area (Å²) in [6, 6.07) is 1.38. The molecule has 1 aliphatic rings. The molecule has 0 aliphatic heterocycles. The van der Waals surface area contributed by atoms with E-state index in [-0.39, 0.29) is 11.7 Å². The van der Waals surface area contributed by atoms with E-state index in [2.05, 4.69) is 13.8 Å². The summed E-state index contributed by atoms with van der Waals surface area (Å²) in [4.78, 5) is 11.9. The molecular weight excluding hydrogens is 218 g/mol. The van der Waals surface area contributed by atoms with Gasteiger partial charge in [-0.05, 0) is 30.6 Å². The summed E-state index contributed by atoms with van der Waals surface area (Å²) in [5, 5.41) is 19.2. The number of aromatic nitrogens is 1. The molecule has 0 saturated heterocycles. The summed E-state index contributed by atoms with van der Waals surface area (Å²) in [6.07, 6.45) is 4.20. The molecule has 0 aromatic carbocycles. The van der Waals surface area contributed by atoms with Crippen molar-refractivity contribution in [3.8, 4) is 5.75 Å². The molecule has 4 heteroatoms. The minimum absolute atomic E-state index is 0.00621. The van der Waals surface area contributed by atoms with Crippen LogP contribution in [0.1, 0.15) is 44.6 Å². The van der Waals surface area contributed by atoms with Gasteiger partial charge in [-0.25, -0.2) is 0 Å².